The third-order valence-corrected chi connectivity index (χ3v) is 4.25. The summed E-state index contributed by atoms with van der Waals surface area (Å²) in [7, 11) is 0. The Morgan fingerprint density at radius 3 is 2.65 bits per heavy atom. The van der Waals surface area contributed by atoms with Gasteiger partial charge in [-0.1, -0.05) is 41.9 Å². The number of hydrogen-bond acceptors (Lipinski definition) is 2. The second-order valence-corrected chi connectivity index (χ2v) is 5.40. The van der Waals surface area contributed by atoms with Crippen molar-refractivity contribution in [2.45, 2.75) is 10.1 Å². The van der Waals surface area contributed by atoms with E-state index >= 15 is 0 Å². The molecule has 1 nitrogen and oxygen atoms in total. The van der Waals surface area contributed by atoms with Crippen LogP contribution in [-0.4, -0.2) is 6.21 Å². The highest BCUT2D eigenvalue weighted by atomic mass is 35.5. The number of fused-ring (bicyclic) bond motifs is 1. The molecule has 3 rings (SSSR count). The molecule has 0 fully saturated rings. The zero-order valence-electron chi connectivity index (χ0n) is 9.01. The van der Waals surface area contributed by atoms with Crippen LogP contribution in [0.5, 0.6) is 0 Å². The summed E-state index contributed by atoms with van der Waals surface area (Å²) in [5.74, 6) is 0. The van der Waals surface area contributed by atoms with Crippen LogP contribution in [0.15, 0.2) is 58.4 Å². The SMILES string of the molecule is Clc1ccccc1C1C=Nc2ccccc2S1. The van der Waals surface area contributed by atoms with Crippen molar-refractivity contribution in [2.24, 2.45) is 4.99 Å². The van der Waals surface area contributed by atoms with E-state index in [1.165, 1.54) is 4.90 Å². The van der Waals surface area contributed by atoms with Gasteiger partial charge in [0.1, 0.15) is 0 Å². The zero-order valence-corrected chi connectivity index (χ0v) is 10.6. The van der Waals surface area contributed by atoms with Gasteiger partial charge < -0.3 is 0 Å². The highest BCUT2D eigenvalue weighted by molar-refractivity contribution is 8.00. The molecule has 0 bridgehead atoms. The minimum Gasteiger partial charge on any atom is -0.259 e. The fourth-order valence-electron chi connectivity index (χ4n) is 1.83. The number of halogens is 1. The lowest BCUT2D eigenvalue weighted by Crippen LogP contribution is -1.99. The molecule has 0 radical (unpaired) electrons. The van der Waals surface area contributed by atoms with Gasteiger partial charge in [0.25, 0.3) is 0 Å². The fraction of sp³-hybridized carbons (Fsp3) is 0.0714. The van der Waals surface area contributed by atoms with Gasteiger partial charge in [-0.3, -0.25) is 4.99 Å². The smallest absolute Gasteiger partial charge is 0.0762 e. The summed E-state index contributed by atoms with van der Waals surface area (Å²) >= 11 is 8.00. The van der Waals surface area contributed by atoms with E-state index in [1.54, 1.807) is 11.8 Å². The summed E-state index contributed by atoms with van der Waals surface area (Å²) in [6, 6.07) is 16.1. The van der Waals surface area contributed by atoms with Crippen LogP contribution in [0.4, 0.5) is 5.69 Å². The quantitative estimate of drug-likeness (QED) is 0.710. The van der Waals surface area contributed by atoms with Crippen LogP contribution in [0, 0.1) is 0 Å². The van der Waals surface area contributed by atoms with Gasteiger partial charge in [-0.25, -0.2) is 0 Å². The van der Waals surface area contributed by atoms with E-state index in [-0.39, 0.29) is 5.25 Å². The van der Waals surface area contributed by atoms with Crippen LogP contribution in [-0.2, 0) is 0 Å². The molecule has 1 aliphatic heterocycles. The molecule has 0 aliphatic carbocycles. The molecular formula is C14H10ClNS. The first-order valence-corrected chi connectivity index (χ1v) is 6.64. The number of thioether (sulfide) groups is 1. The zero-order chi connectivity index (χ0) is 11.7. The van der Waals surface area contributed by atoms with Crippen molar-refractivity contribution in [3.8, 4) is 0 Å². The van der Waals surface area contributed by atoms with Crippen LogP contribution in [0.2, 0.25) is 5.02 Å². The molecular weight excluding hydrogens is 250 g/mol. The number of hydrogen-bond donors (Lipinski definition) is 0. The number of rotatable bonds is 1. The Labute approximate surface area is 110 Å². The first-order valence-electron chi connectivity index (χ1n) is 5.39. The number of nitrogens with zero attached hydrogens (tertiary/aromatic N) is 1. The Morgan fingerprint density at radius 2 is 1.76 bits per heavy atom. The lowest BCUT2D eigenvalue weighted by molar-refractivity contribution is 1.25. The number of benzene rings is 2. The third-order valence-electron chi connectivity index (χ3n) is 2.68. The van der Waals surface area contributed by atoms with Gasteiger partial charge in [0.05, 0.1) is 10.9 Å². The van der Waals surface area contributed by atoms with Crippen molar-refractivity contribution in [2.75, 3.05) is 0 Å². The molecule has 1 aliphatic rings. The average molecular weight is 260 g/mol. The van der Waals surface area contributed by atoms with E-state index in [2.05, 4.69) is 17.1 Å². The molecule has 0 saturated carbocycles. The van der Waals surface area contributed by atoms with Crippen LogP contribution >= 0.6 is 23.4 Å². The second-order valence-electron chi connectivity index (χ2n) is 3.81. The predicted octanol–water partition coefficient (Wildman–Crippen LogP) is 4.89. The van der Waals surface area contributed by atoms with E-state index < -0.39 is 0 Å². The summed E-state index contributed by atoms with van der Waals surface area (Å²) in [6.07, 6.45) is 1.97. The van der Waals surface area contributed by atoms with Crippen LogP contribution in [0.3, 0.4) is 0 Å². The summed E-state index contributed by atoms with van der Waals surface area (Å²) in [5, 5.41) is 1.01. The molecule has 17 heavy (non-hydrogen) atoms. The molecule has 0 amide bonds. The van der Waals surface area contributed by atoms with E-state index in [0.717, 1.165) is 16.3 Å². The molecule has 0 N–H and O–H groups in total. The first kappa shape index (κ1) is 10.9. The van der Waals surface area contributed by atoms with Gasteiger partial charge in [-0.05, 0) is 23.8 Å². The van der Waals surface area contributed by atoms with Crippen molar-refractivity contribution < 1.29 is 0 Å². The average Bonchev–Trinajstić information content (AvgIpc) is 2.39. The van der Waals surface area contributed by atoms with Crippen LogP contribution in [0.25, 0.3) is 0 Å². The topological polar surface area (TPSA) is 12.4 Å². The fourth-order valence-corrected chi connectivity index (χ4v) is 3.27. The summed E-state index contributed by atoms with van der Waals surface area (Å²) in [4.78, 5) is 5.70. The van der Waals surface area contributed by atoms with Crippen LogP contribution < -0.4 is 0 Å². The number of para-hydroxylation sites is 1. The van der Waals surface area contributed by atoms with Crippen LogP contribution in [0.1, 0.15) is 10.8 Å². The summed E-state index contributed by atoms with van der Waals surface area (Å²) in [5.41, 5.74) is 2.17. The molecule has 0 saturated heterocycles. The predicted molar refractivity (Wildman–Crippen MR) is 74.6 cm³/mol. The largest absolute Gasteiger partial charge is 0.259 e. The molecule has 1 heterocycles. The third kappa shape index (κ3) is 2.11. The Bertz CT molecular complexity index is 580. The molecule has 0 spiro atoms. The minimum atomic E-state index is 0.207. The lowest BCUT2D eigenvalue weighted by atomic mass is 10.1. The Balaban J connectivity index is 1.98. The maximum atomic E-state index is 6.21. The highest BCUT2D eigenvalue weighted by Crippen LogP contribution is 2.44. The molecule has 1 atom stereocenters. The van der Waals surface area contributed by atoms with Crippen molar-refractivity contribution in [1.82, 2.24) is 0 Å². The van der Waals surface area contributed by atoms with E-state index in [4.69, 9.17) is 11.6 Å². The lowest BCUT2D eigenvalue weighted by Gasteiger charge is -2.19. The van der Waals surface area contributed by atoms with Gasteiger partial charge in [0.15, 0.2) is 0 Å². The molecule has 1 unspecified atom stereocenters. The van der Waals surface area contributed by atoms with Crippen molar-refractivity contribution in [3.05, 3.63) is 59.1 Å². The molecule has 3 heteroatoms. The van der Waals surface area contributed by atoms with Gasteiger partial charge in [0.2, 0.25) is 0 Å². The molecule has 84 valence electrons. The maximum absolute atomic E-state index is 6.21. The van der Waals surface area contributed by atoms with Gasteiger partial charge in [0, 0.05) is 16.1 Å². The molecule has 2 aromatic carbocycles. The monoisotopic (exact) mass is 259 g/mol. The standard InChI is InChI=1S/C14H10ClNS/c15-11-6-2-1-5-10(11)14-9-16-12-7-3-4-8-13(12)17-14/h1-9,14H. The van der Waals surface area contributed by atoms with Crippen molar-refractivity contribution in [3.63, 3.8) is 0 Å². The van der Waals surface area contributed by atoms with Gasteiger partial charge >= 0.3 is 0 Å². The van der Waals surface area contributed by atoms with Crippen molar-refractivity contribution in [1.29, 1.82) is 0 Å². The normalized spacial score (nSPS) is 17.8. The van der Waals surface area contributed by atoms with Gasteiger partial charge in [-0.2, -0.15) is 0 Å². The van der Waals surface area contributed by atoms with Gasteiger partial charge in [-0.15, -0.1) is 11.8 Å². The number of aliphatic imine (C=N–C) groups is 1. The van der Waals surface area contributed by atoms with E-state index in [0.29, 0.717) is 0 Å². The molecule has 2 aromatic rings. The van der Waals surface area contributed by atoms with Crippen molar-refractivity contribution >= 4 is 35.3 Å². The Morgan fingerprint density at radius 1 is 1.00 bits per heavy atom. The Kier molecular flexibility index (Phi) is 2.91. The minimum absolute atomic E-state index is 0.207. The summed E-state index contributed by atoms with van der Waals surface area (Å²) in [6.45, 7) is 0. The second kappa shape index (κ2) is 4.55. The van der Waals surface area contributed by atoms with E-state index in [9.17, 15) is 0 Å². The highest BCUT2D eigenvalue weighted by Gasteiger charge is 2.18. The maximum Gasteiger partial charge on any atom is 0.0762 e. The Hall–Kier alpha value is -1.25. The molecule has 0 aromatic heterocycles. The van der Waals surface area contributed by atoms with E-state index in [1.807, 2.05) is 42.6 Å². The first-order chi connectivity index (χ1) is 8.34. The summed E-state index contributed by atoms with van der Waals surface area (Å²) < 4.78 is 0.